The van der Waals surface area contributed by atoms with Gasteiger partial charge in [-0.3, -0.25) is 0 Å². The normalized spacial score (nSPS) is 15.1. The zero-order valence-electron chi connectivity index (χ0n) is 15.8. The molecule has 2 aromatic carbocycles. The summed E-state index contributed by atoms with van der Waals surface area (Å²) in [6.07, 6.45) is 1.55. The molecule has 0 saturated heterocycles. The summed E-state index contributed by atoms with van der Waals surface area (Å²) in [6, 6.07) is 16.6. The minimum Gasteiger partial charge on any atom is -0.457 e. The molecule has 2 heterocycles. The number of hydrogen-bond donors (Lipinski definition) is 0. The first-order valence-corrected chi connectivity index (χ1v) is 9.84. The summed E-state index contributed by atoms with van der Waals surface area (Å²) in [6.45, 7) is 4.25. The van der Waals surface area contributed by atoms with Gasteiger partial charge in [-0.1, -0.05) is 49.2 Å². The maximum atomic E-state index is 12.2. The number of ether oxygens (including phenoxy) is 1. The summed E-state index contributed by atoms with van der Waals surface area (Å²) in [5.74, 6) is 1.29. The van der Waals surface area contributed by atoms with Crippen molar-refractivity contribution in [2.45, 2.75) is 19.8 Å². The molecule has 4 nitrogen and oxygen atoms in total. The lowest BCUT2D eigenvalue weighted by molar-refractivity contribution is -0.129. The van der Waals surface area contributed by atoms with Gasteiger partial charge >= 0.3 is 5.97 Å². The standard InChI is InChI=1S/C23H17Cl2NO3/c1-13(2)14-3-5-15(6-4-14)22-26-20(23(27)29-22)12-17-8-10-21(28-17)16-7-9-18(24)19(25)11-16/h3-13H,1-2H3/b20-12-. The Morgan fingerprint density at radius 2 is 1.66 bits per heavy atom. The number of benzene rings is 2. The first kappa shape index (κ1) is 19.5. The summed E-state index contributed by atoms with van der Waals surface area (Å²) in [7, 11) is 0. The van der Waals surface area contributed by atoms with Crippen molar-refractivity contribution >= 4 is 41.1 Å². The maximum absolute atomic E-state index is 12.2. The Bertz CT molecular complexity index is 1140. The number of esters is 1. The van der Waals surface area contributed by atoms with Crippen LogP contribution < -0.4 is 0 Å². The average molecular weight is 426 g/mol. The quantitative estimate of drug-likeness (QED) is 0.344. The van der Waals surface area contributed by atoms with Gasteiger partial charge in [0.25, 0.3) is 0 Å². The molecule has 29 heavy (non-hydrogen) atoms. The second-order valence-electron chi connectivity index (χ2n) is 6.94. The second-order valence-corrected chi connectivity index (χ2v) is 7.76. The van der Waals surface area contributed by atoms with Gasteiger partial charge in [-0.2, -0.15) is 0 Å². The molecular formula is C23H17Cl2NO3. The van der Waals surface area contributed by atoms with Crippen molar-refractivity contribution < 1.29 is 13.9 Å². The molecule has 0 bridgehead atoms. The summed E-state index contributed by atoms with van der Waals surface area (Å²) < 4.78 is 11.1. The number of aliphatic imine (C=N–C) groups is 1. The minimum absolute atomic E-state index is 0.183. The third kappa shape index (κ3) is 4.14. The van der Waals surface area contributed by atoms with Gasteiger partial charge in [-0.15, -0.1) is 0 Å². The zero-order valence-corrected chi connectivity index (χ0v) is 17.3. The van der Waals surface area contributed by atoms with E-state index in [0.717, 1.165) is 11.1 Å². The van der Waals surface area contributed by atoms with Gasteiger partial charge in [0.1, 0.15) is 11.5 Å². The molecule has 0 unspecified atom stereocenters. The molecule has 1 aromatic heterocycles. The average Bonchev–Trinajstić information content (AvgIpc) is 3.31. The highest BCUT2D eigenvalue weighted by molar-refractivity contribution is 6.42. The zero-order chi connectivity index (χ0) is 20.5. The lowest BCUT2D eigenvalue weighted by Crippen LogP contribution is -2.05. The summed E-state index contributed by atoms with van der Waals surface area (Å²) >= 11 is 12.0. The van der Waals surface area contributed by atoms with Gasteiger partial charge < -0.3 is 9.15 Å². The summed E-state index contributed by atoms with van der Waals surface area (Å²) in [5, 5.41) is 0.916. The van der Waals surface area contributed by atoms with Crippen molar-refractivity contribution in [2.24, 2.45) is 4.99 Å². The number of cyclic esters (lactones) is 1. The van der Waals surface area contributed by atoms with E-state index in [4.69, 9.17) is 32.4 Å². The first-order chi connectivity index (χ1) is 13.9. The van der Waals surface area contributed by atoms with Crippen molar-refractivity contribution in [3.8, 4) is 11.3 Å². The van der Waals surface area contributed by atoms with E-state index >= 15 is 0 Å². The monoisotopic (exact) mass is 425 g/mol. The van der Waals surface area contributed by atoms with E-state index in [1.165, 1.54) is 5.56 Å². The second kappa shape index (κ2) is 7.90. The molecule has 0 radical (unpaired) electrons. The van der Waals surface area contributed by atoms with Crippen molar-refractivity contribution in [3.63, 3.8) is 0 Å². The SMILES string of the molecule is CC(C)c1ccc(C2=N/C(=C\c3ccc(-c4ccc(Cl)c(Cl)c4)o3)C(=O)O2)cc1. The lowest BCUT2D eigenvalue weighted by atomic mass is 10.0. The van der Waals surface area contributed by atoms with E-state index in [9.17, 15) is 4.79 Å². The minimum atomic E-state index is -0.513. The van der Waals surface area contributed by atoms with Crippen molar-refractivity contribution in [3.05, 3.63) is 87.2 Å². The molecule has 4 rings (SSSR count). The fourth-order valence-electron chi connectivity index (χ4n) is 2.91. The molecule has 3 aromatic rings. The molecule has 0 atom stereocenters. The van der Waals surface area contributed by atoms with E-state index in [-0.39, 0.29) is 11.6 Å². The highest BCUT2D eigenvalue weighted by Gasteiger charge is 2.24. The van der Waals surface area contributed by atoms with Crippen LogP contribution in [0.2, 0.25) is 10.0 Å². The molecule has 0 saturated carbocycles. The van der Waals surface area contributed by atoms with E-state index < -0.39 is 5.97 Å². The van der Waals surface area contributed by atoms with Gasteiger partial charge in [0.2, 0.25) is 5.90 Å². The van der Waals surface area contributed by atoms with Gasteiger partial charge in [0.15, 0.2) is 5.70 Å². The third-order valence-corrected chi connectivity index (χ3v) is 5.29. The number of hydrogen-bond acceptors (Lipinski definition) is 4. The number of carbonyl (C=O) groups is 1. The fourth-order valence-corrected chi connectivity index (χ4v) is 3.21. The van der Waals surface area contributed by atoms with Crippen LogP contribution >= 0.6 is 23.2 Å². The van der Waals surface area contributed by atoms with Crippen molar-refractivity contribution in [2.75, 3.05) is 0 Å². The van der Waals surface area contributed by atoms with Crippen LogP contribution in [0.4, 0.5) is 0 Å². The van der Waals surface area contributed by atoms with Crippen LogP contribution in [0, 0.1) is 0 Å². The smallest absolute Gasteiger partial charge is 0.363 e. The Kier molecular flexibility index (Phi) is 5.31. The molecular weight excluding hydrogens is 409 g/mol. The van der Waals surface area contributed by atoms with Crippen LogP contribution in [-0.2, 0) is 9.53 Å². The van der Waals surface area contributed by atoms with Crippen molar-refractivity contribution in [1.29, 1.82) is 0 Å². The Morgan fingerprint density at radius 3 is 2.34 bits per heavy atom. The highest BCUT2D eigenvalue weighted by Crippen LogP contribution is 2.30. The predicted molar refractivity (Wildman–Crippen MR) is 115 cm³/mol. The van der Waals surface area contributed by atoms with Crippen molar-refractivity contribution in [1.82, 2.24) is 0 Å². The number of nitrogens with zero attached hydrogens (tertiary/aromatic N) is 1. The van der Waals surface area contributed by atoms with Gasteiger partial charge in [0, 0.05) is 17.2 Å². The molecule has 0 spiro atoms. The first-order valence-electron chi connectivity index (χ1n) is 9.09. The topological polar surface area (TPSA) is 51.8 Å². The third-order valence-electron chi connectivity index (χ3n) is 4.55. The Hall–Kier alpha value is -2.82. The number of carbonyl (C=O) groups excluding carboxylic acids is 1. The summed E-state index contributed by atoms with van der Waals surface area (Å²) in [5.41, 5.74) is 2.93. The van der Waals surface area contributed by atoms with E-state index in [0.29, 0.717) is 27.5 Å². The molecule has 0 fully saturated rings. The lowest BCUT2D eigenvalue weighted by Gasteiger charge is -2.05. The van der Waals surface area contributed by atoms with Crippen LogP contribution in [-0.4, -0.2) is 11.9 Å². The Morgan fingerprint density at radius 1 is 0.931 bits per heavy atom. The van der Waals surface area contributed by atoms with E-state index in [1.54, 1.807) is 30.3 Å². The van der Waals surface area contributed by atoms with Crippen LogP contribution in [0.5, 0.6) is 0 Å². The Labute approximate surface area is 178 Å². The van der Waals surface area contributed by atoms with E-state index in [2.05, 4.69) is 18.8 Å². The van der Waals surface area contributed by atoms with Gasteiger partial charge in [-0.25, -0.2) is 9.79 Å². The number of halogens is 2. The largest absolute Gasteiger partial charge is 0.457 e. The summed E-state index contributed by atoms with van der Waals surface area (Å²) in [4.78, 5) is 16.5. The molecule has 0 N–H and O–H groups in total. The van der Waals surface area contributed by atoms with Crippen LogP contribution in [0.15, 0.2) is 69.7 Å². The maximum Gasteiger partial charge on any atom is 0.363 e. The van der Waals surface area contributed by atoms with Crippen LogP contribution in [0.25, 0.3) is 17.4 Å². The Balaban J connectivity index is 1.59. The van der Waals surface area contributed by atoms with Crippen LogP contribution in [0.1, 0.15) is 36.7 Å². The van der Waals surface area contributed by atoms with Gasteiger partial charge in [-0.05, 0) is 53.9 Å². The molecule has 0 amide bonds. The van der Waals surface area contributed by atoms with Gasteiger partial charge in [0.05, 0.1) is 10.0 Å². The highest BCUT2D eigenvalue weighted by atomic mass is 35.5. The number of furan rings is 1. The van der Waals surface area contributed by atoms with E-state index in [1.807, 2.05) is 30.3 Å². The fraction of sp³-hybridized carbons (Fsp3) is 0.130. The van der Waals surface area contributed by atoms with Crippen LogP contribution in [0.3, 0.4) is 0 Å². The predicted octanol–water partition coefficient (Wildman–Crippen LogP) is 6.72. The molecule has 1 aliphatic heterocycles. The molecule has 0 aliphatic carbocycles. The number of rotatable bonds is 4. The molecule has 6 heteroatoms. The molecule has 146 valence electrons. The molecule has 1 aliphatic rings.